The maximum atomic E-state index is 13.5. The maximum Gasteiger partial charge on any atom is 0.229 e. The van der Waals surface area contributed by atoms with E-state index in [1.165, 1.54) is 17.7 Å². The average Bonchev–Trinajstić information content (AvgIpc) is 2.76. The SMILES string of the molecule is Cc1ccc(NC(=O)C2CCCN(c3ncc(-c4cccc(F)c4)cn3)C2)c(C)c1. The first-order chi connectivity index (χ1) is 14.5. The molecule has 154 valence electrons. The Balaban J connectivity index is 1.44. The molecule has 1 fully saturated rings. The molecule has 0 radical (unpaired) electrons. The van der Waals surface area contributed by atoms with Crippen LogP contribution < -0.4 is 10.2 Å². The molecule has 1 saturated heterocycles. The first kappa shape index (κ1) is 20.0. The first-order valence-corrected chi connectivity index (χ1v) is 10.2. The van der Waals surface area contributed by atoms with Crippen LogP contribution in [0.1, 0.15) is 24.0 Å². The number of halogens is 1. The lowest BCUT2D eigenvalue weighted by Gasteiger charge is -2.32. The third kappa shape index (κ3) is 4.48. The van der Waals surface area contributed by atoms with Crippen LogP contribution in [0.2, 0.25) is 0 Å². The molecule has 0 bridgehead atoms. The normalized spacial score (nSPS) is 16.4. The molecule has 4 rings (SSSR count). The third-order valence-electron chi connectivity index (χ3n) is 5.51. The molecular weight excluding hydrogens is 379 g/mol. The number of benzene rings is 2. The Hall–Kier alpha value is -3.28. The number of aromatic nitrogens is 2. The van der Waals surface area contributed by atoms with Gasteiger partial charge in [-0.2, -0.15) is 0 Å². The third-order valence-corrected chi connectivity index (χ3v) is 5.51. The van der Waals surface area contributed by atoms with Gasteiger partial charge in [-0.3, -0.25) is 4.79 Å². The van der Waals surface area contributed by atoms with Crippen molar-refractivity contribution in [2.75, 3.05) is 23.3 Å². The molecule has 1 atom stereocenters. The zero-order valence-electron chi connectivity index (χ0n) is 17.2. The largest absolute Gasteiger partial charge is 0.340 e. The van der Waals surface area contributed by atoms with E-state index < -0.39 is 0 Å². The number of hydrogen-bond donors (Lipinski definition) is 1. The summed E-state index contributed by atoms with van der Waals surface area (Å²) in [4.78, 5) is 23.8. The van der Waals surface area contributed by atoms with Gasteiger partial charge in [-0.05, 0) is 56.0 Å². The van der Waals surface area contributed by atoms with Crippen molar-refractivity contribution in [3.63, 3.8) is 0 Å². The van der Waals surface area contributed by atoms with E-state index >= 15 is 0 Å². The van der Waals surface area contributed by atoms with E-state index in [9.17, 15) is 9.18 Å². The van der Waals surface area contributed by atoms with Gasteiger partial charge in [0.1, 0.15) is 5.82 Å². The fourth-order valence-electron chi connectivity index (χ4n) is 3.86. The highest BCUT2D eigenvalue weighted by atomic mass is 19.1. The molecule has 1 amide bonds. The van der Waals surface area contributed by atoms with Crippen LogP contribution in [0.4, 0.5) is 16.0 Å². The zero-order valence-corrected chi connectivity index (χ0v) is 17.2. The predicted molar refractivity (Wildman–Crippen MR) is 117 cm³/mol. The van der Waals surface area contributed by atoms with Crippen LogP contribution in [-0.4, -0.2) is 29.0 Å². The first-order valence-electron chi connectivity index (χ1n) is 10.2. The minimum atomic E-state index is -0.287. The van der Waals surface area contributed by atoms with E-state index in [-0.39, 0.29) is 17.6 Å². The predicted octanol–water partition coefficient (Wildman–Crippen LogP) is 4.75. The molecule has 0 saturated carbocycles. The Morgan fingerprint density at radius 3 is 2.63 bits per heavy atom. The molecule has 1 aliphatic rings. The second-order valence-electron chi connectivity index (χ2n) is 7.87. The van der Waals surface area contributed by atoms with Crippen molar-refractivity contribution >= 4 is 17.5 Å². The Morgan fingerprint density at radius 1 is 1.10 bits per heavy atom. The van der Waals surface area contributed by atoms with Gasteiger partial charge in [0, 0.05) is 36.7 Å². The summed E-state index contributed by atoms with van der Waals surface area (Å²) in [5, 5.41) is 3.07. The fourth-order valence-corrected chi connectivity index (χ4v) is 3.86. The number of aryl methyl sites for hydroxylation is 2. The Morgan fingerprint density at radius 2 is 1.90 bits per heavy atom. The van der Waals surface area contributed by atoms with Crippen LogP contribution >= 0.6 is 0 Å². The number of carbonyl (C=O) groups excluding carboxylic acids is 1. The van der Waals surface area contributed by atoms with Crippen LogP contribution in [0.25, 0.3) is 11.1 Å². The lowest BCUT2D eigenvalue weighted by Crippen LogP contribution is -2.41. The number of piperidine rings is 1. The van der Waals surface area contributed by atoms with Crippen LogP contribution in [0, 0.1) is 25.6 Å². The highest BCUT2D eigenvalue weighted by molar-refractivity contribution is 5.93. The minimum Gasteiger partial charge on any atom is -0.340 e. The quantitative estimate of drug-likeness (QED) is 0.681. The van der Waals surface area contributed by atoms with E-state index in [4.69, 9.17) is 0 Å². The van der Waals surface area contributed by atoms with Crippen LogP contribution in [0.3, 0.4) is 0 Å². The van der Waals surface area contributed by atoms with Crippen molar-refractivity contribution in [2.24, 2.45) is 5.92 Å². The average molecular weight is 404 g/mol. The second-order valence-corrected chi connectivity index (χ2v) is 7.87. The minimum absolute atomic E-state index is 0.0306. The summed E-state index contributed by atoms with van der Waals surface area (Å²) in [6.07, 6.45) is 5.15. The van der Waals surface area contributed by atoms with Gasteiger partial charge >= 0.3 is 0 Å². The van der Waals surface area contributed by atoms with Gasteiger partial charge in [0.15, 0.2) is 0 Å². The lowest BCUT2D eigenvalue weighted by atomic mass is 9.97. The van der Waals surface area contributed by atoms with Gasteiger partial charge in [0.05, 0.1) is 5.92 Å². The molecule has 30 heavy (non-hydrogen) atoms. The standard InChI is InChI=1S/C24H25FN4O/c1-16-8-9-22(17(2)11-16)28-23(30)19-6-4-10-29(15-19)24-26-13-20(14-27-24)18-5-3-7-21(25)12-18/h3,5,7-9,11-14,19H,4,6,10,15H2,1-2H3,(H,28,30). The monoisotopic (exact) mass is 404 g/mol. The summed E-state index contributed by atoms with van der Waals surface area (Å²) in [6, 6.07) is 12.4. The molecule has 2 aromatic carbocycles. The highest BCUT2D eigenvalue weighted by Crippen LogP contribution is 2.25. The molecule has 3 aromatic rings. The molecule has 1 N–H and O–H groups in total. The number of nitrogens with one attached hydrogen (secondary N) is 1. The van der Waals surface area contributed by atoms with Crippen molar-refractivity contribution in [1.29, 1.82) is 0 Å². The summed E-state index contributed by atoms with van der Waals surface area (Å²) in [7, 11) is 0. The van der Waals surface area contributed by atoms with Gasteiger partial charge in [-0.15, -0.1) is 0 Å². The number of amides is 1. The van der Waals surface area contributed by atoms with Crippen molar-refractivity contribution in [3.8, 4) is 11.1 Å². The summed E-state index contributed by atoms with van der Waals surface area (Å²) in [6.45, 7) is 5.43. The Kier molecular flexibility index (Phi) is 5.74. The molecule has 1 aromatic heterocycles. The van der Waals surface area contributed by atoms with Gasteiger partial charge in [-0.25, -0.2) is 14.4 Å². The number of carbonyl (C=O) groups is 1. The molecule has 0 aliphatic carbocycles. The van der Waals surface area contributed by atoms with Gasteiger partial charge in [0.25, 0.3) is 0 Å². The molecule has 1 aliphatic heterocycles. The molecular formula is C24H25FN4O. The van der Waals surface area contributed by atoms with Gasteiger partial charge in [0.2, 0.25) is 11.9 Å². The Labute approximate surface area is 176 Å². The number of anilines is 2. The second kappa shape index (κ2) is 8.61. The number of rotatable bonds is 4. The molecule has 0 spiro atoms. The Bertz CT molecular complexity index is 1050. The summed E-state index contributed by atoms with van der Waals surface area (Å²) in [5.74, 6) is 0.221. The molecule has 2 heterocycles. The van der Waals surface area contributed by atoms with Gasteiger partial charge < -0.3 is 10.2 Å². The summed E-state index contributed by atoms with van der Waals surface area (Å²) >= 11 is 0. The molecule has 1 unspecified atom stereocenters. The molecule has 6 heteroatoms. The maximum absolute atomic E-state index is 13.5. The highest BCUT2D eigenvalue weighted by Gasteiger charge is 2.27. The van der Waals surface area contributed by atoms with Crippen molar-refractivity contribution < 1.29 is 9.18 Å². The van der Waals surface area contributed by atoms with E-state index in [1.54, 1.807) is 18.5 Å². The van der Waals surface area contributed by atoms with E-state index in [2.05, 4.69) is 21.4 Å². The van der Waals surface area contributed by atoms with Crippen molar-refractivity contribution in [1.82, 2.24) is 9.97 Å². The van der Waals surface area contributed by atoms with Crippen molar-refractivity contribution in [3.05, 3.63) is 71.8 Å². The van der Waals surface area contributed by atoms with E-state index in [0.717, 1.165) is 41.8 Å². The fraction of sp³-hybridized carbons (Fsp3) is 0.292. The summed E-state index contributed by atoms with van der Waals surface area (Å²) in [5.41, 5.74) is 4.60. The zero-order chi connectivity index (χ0) is 21.1. The number of hydrogen-bond acceptors (Lipinski definition) is 4. The molecule has 5 nitrogen and oxygen atoms in total. The van der Waals surface area contributed by atoms with Crippen LogP contribution in [-0.2, 0) is 4.79 Å². The van der Waals surface area contributed by atoms with Crippen molar-refractivity contribution in [2.45, 2.75) is 26.7 Å². The summed E-state index contributed by atoms with van der Waals surface area (Å²) < 4.78 is 13.5. The number of nitrogens with zero attached hydrogens (tertiary/aromatic N) is 3. The smallest absolute Gasteiger partial charge is 0.229 e. The topological polar surface area (TPSA) is 58.1 Å². The van der Waals surface area contributed by atoms with Crippen LogP contribution in [0.5, 0.6) is 0 Å². The van der Waals surface area contributed by atoms with E-state index in [0.29, 0.717) is 12.5 Å². The van der Waals surface area contributed by atoms with E-state index in [1.807, 2.05) is 36.9 Å². The lowest BCUT2D eigenvalue weighted by molar-refractivity contribution is -0.120. The van der Waals surface area contributed by atoms with Gasteiger partial charge in [-0.1, -0.05) is 29.8 Å². The van der Waals surface area contributed by atoms with Crippen LogP contribution in [0.15, 0.2) is 54.9 Å².